The molecule has 1 aromatic carbocycles. The number of fused-ring (bicyclic) bond motifs is 2. The van der Waals surface area contributed by atoms with Crippen molar-refractivity contribution in [3.8, 4) is 11.5 Å². The van der Waals surface area contributed by atoms with Crippen LogP contribution >= 0.6 is 12.2 Å². The number of benzene rings is 1. The van der Waals surface area contributed by atoms with Crippen LogP contribution in [-0.4, -0.2) is 86.3 Å². The molecule has 1 aromatic heterocycles. The Morgan fingerprint density at radius 3 is 2.81 bits per heavy atom. The Labute approximate surface area is 192 Å². The lowest BCUT2D eigenvalue weighted by molar-refractivity contribution is 0.0357. The van der Waals surface area contributed by atoms with Crippen LogP contribution in [-0.2, 0) is 16.0 Å². The van der Waals surface area contributed by atoms with Crippen molar-refractivity contribution in [2.24, 2.45) is 0 Å². The van der Waals surface area contributed by atoms with Crippen LogP contribution < -0.4 is 20.3 Å². The predicted molar refractivity (Wildman–Crippen MR) is 125 cm³/mol. The third-order valence-corrected chi connectivity index (χ3v) is 6.06. The summed E-state index contributed by atoms with van der Waals surface area (Å²) in [5.74, 6) is 1.34. The van der Waals surface area contributed by atoms with E-state index in [-0.39, 0.29) is 12.4 Å². The zero-order valence-electron chi connectivity index (χ0n) is 18.4. The summed E-state index contributed by atoms with van der Waals surface area (Å²) in [6.07, 6.45) is 0.859. The van der Waals surface area contributed by atoms with Crippen molar-refractivity contribution < 1.29 is 18.9 Å². The Morgan fingerprint density at radius 2 is 2.03 bits per heavy atom. The first-order valence-corrected chi connectivity index (χ1v) is 11.3. The molecule has 0 aliphatic carbocycles. The molecule has 2 aliphatic heterocycles. The van der Waals surface area contributed by atoms with Gasteiger partial charge in [-0.1, -0.05) is 0 Å². The monoisotopic (exact) mass is 462 g/mol. The molecule has 4 rings (SSSR count). The third kappa shape index (κ3) is 5.69. The lowest BCUT2D eigenvalue weighted by Crippen LogP contribution is -2.46. The minimum absolute atomic E-state index is 0.130. The summed E-state index contributed by atoms with van der Waals surface area (Å²) in [5.41, 5.74) is 1.25. The van der Waals surface area contributed by atoms with Crippen molar-refractivity contribution in [2.75, 3.05) is 66.4 Å². The maximum Gasteiger partial charge on any atom is 0.253 e. The van der Waals surface area contributed by atoms with Crippen LogP contribution in [0.3, 0.4) is 0 Å². The summed E-state index contributed by atoms with van der Waals surface area (Å²) in [5, 5.41) is 4.84. The quantitative estimate of drug-likeness (QED) is 0.423. The average molecular weight is 463 g/mol. The largest absolute Gasteiger partial charge is 0.454 e. The van der Waals surface area contributed by atoms with Gasteiger partial charge in [-0.2, -0.15) is 0 Å². The molecule has 0 saturated carbocycles. The van der Waals surface area contributed by atoms with Gasteiger partial charge in [0.15, 0.2) is 16.6 Å². The molecular weight excluding hydrogens is 432 g/mol. The maximum atomic E-state index is 12.8. The lowest BCUT2D eigenvalue weighted by atomic mass is 10.1. The highest BCUT2D eigenvalue weighted by Gasteiger charge is 2.18. The molecule has 2 N–H and O–H groups in total. The van der Waals surface area contributed by atoms with Gasteiger partial charge in [0.1, 0.15) is 0 Å². The minimum atomic E-state index is -0.130. The zero-order valence-corrected chi connectivity index (χ0v) is 19.2. The number of nitrogens with zero attached hydrogens (tertiary/aromatic N) is 2. The second-order valence-electron chi connectivity index (χ2n) is 7.87. The number of methoxy groups -OCH3 is 1. The summed E-state index contributed by atoms with van der Waals surface area (Å²) in [7, 11) is 1.69. The molecule has 9 nitrogen and oxygen atoms in total. The number of aromatic amines is 1. The molecule has 0 bridgehead atoms. The van der Waals surface area contributed by atoms with Gasteiger partial charge >= 0.3 is 0 Å². The Kier molecular flexibility index (Phi) is 7.80. The van der Waals surface area contributed by atoms with Crippen LogP contribution in [0, 0.1) is 0 Å². The number of rotatable bonds is 9. The fourth-order valence-corrected chi connectivity index (χ4v) is 4.09. The topological polar surface area (TPSA) is 88.3 Å². The minimum Gasteiger partial charge on any atom is -0.454 e. The highest BCUT2D eigenvalue weighted by atomic mass is 32.1. The van der Waals surface area contributed by atoms with E-state index in [9.17, 15) is 4.79 Å². The van der Waals surface area contributed by atoms with Crippen LogP contribution in [0.2, 0.25) is 0 Å². The maximum absolute atomic E-state index is 12.8. The molecule has 32 heavy (non-hydrogen) atoms. The van der Waals surface area contributed by atoms with Crippen molar-refractivity contribution in [1.29, 1.82) is 0 Å². The van der Waals surface area contributed by atoms with Crippen LogP contribution in [0.5, 0.6) is 11.5 Å². The number of ether oxygens (including phenoxy) is 4. The van der Waals surface area contributed by atoms with E-state index in [1.165, 1.54) is 0 Å². The molecule has 2 aliphatic rings. The normalized spacial score (nSPS) is 15.8. The van der Waals surface area contributed by atoms with Crippen LogP contribution in [0.4, 0.5) is 0 Å². The van der Waals surface area contributed by atoms with Gasteiger partial charge in [-0.15, -0.1) is 0 Å². The molecule has 174 valence electrons. The summed E-state index contributed by atoms with van der Waals surface area (Å²) >= 11 is 5.68. The van der Waals surface area contributed by atoms with Crippen molar-refractivity contribution in [3.63, 3.8) is 0 Å². The standard InChI is InChI=1S/C22H30N4O5S/c1-28-8-2-3-23-22(32)26(5-4-25-6-9-29-10-7-25)14-17-11-16-12-19-20(31-15-30-19)13-18(16)24-21(17)27/h11-13H,2-10,14-15H2,1H3,(H,23,32)(H,24,27). The van der Waals surface area contributed by atoms with E-state index >= 15 is 0 Å². The highest BCUT2D eigenvalue weighted by molar-refractivity contribution is 7.80. The predicted octanol–water partition coefficient (Wildman–Crippen LogP) is 1.30. The summed E-state index contributed by atoms with van der Waals surface area (Å²) in [6.45, 7) is 6.89. The van der Waals surface area contributed by atoms with Crippen molar-refractivity contribution in [1.82, 2.24) is 20.1 Å². The summed E-state index contributed by atoms with van der Waals surface area (Å²) in [4.78, 5) is 20.2. The molecule has 10 heteroatoms. The molecule has 3 heterocycles. The van der Waals surface area contributed by atoms with E-state index in [0.29, 0.717) is 41.9 Å². The fourth-order valence-electron chi connectivity index (χ4n) is 3.83. The number of morpholine rings is 1. The van der Waals surface area contributed by atoms with Gasteiger partial charge in [-0.25, -0.2) is 0 Å². The van der Waals surface area contributed by atoms with Crippen molar-refractivity contribution in [3.05, 3.63) is 34.1 Å². The Hall–Kier alpha value is -2.40. The van der Waals surface area contributed by atoms with Crippen LogP contribution in [0.1, 0.15) is 12.0 Å². The van der Waals surface area contributed by atoms with E-state index in [1.807, 2.05) is 12.1 Å². The number of aromatic nitrogens is 1. The number of pyridine rings is 1. The average Bonchev–Trinajstić information content (AvgIpc) is 3.26. The van der Waals surface area contributed by atoms with E-state index in [0.717, 1.165) is 56.7 Å². The van der Waals surface area contributed by atoms with Gasteiger partial charge in [0.05, 0.1) is 25.3 Å². The smallest absolute Gasteiger partial charge is 0.253 e. The van der Waals surface area contributed by atoms with Crippen LogP contribution in [0.25, 0.3) is 10.9 Å². The Bertz CT molecular complexity index is 992. The van der Waals surface area contributed by atoms with Crippen LogP contribution in [0.15, 0.2) is 23.0 Å². The Morgan fingerprint density at radius 1 is 1.25 bits per heavy atom. The van der Waals surface area contributed by atoms with Gasteiger partial charge in [-0.3, -0.25) is 9.69 Å². The first kappa shape index (κ1) is 22.8. The molecule has 0 spiro atoms. The molecule has 0 radical (unpaired) electrons. The number of hydrogen-bond donors (Lipinski definition) is 2. The second kappa shape index (κ2) is 11.0. The van der Waals surface area contributed by atoms with Gasteiger partial charge < -0.3 is 34.1 Å². The fraction of sp³-hybridized carbons (Fsp3) is 0.545. The molecule has 2 aromatic rings. The van der Waals surface area contributed by atoms with Gasteiger partial charge in [0.2, 0.25) is 6.79 Å². The third-order valence-electron chi connectivity index (χ3n) is 5.65. The molecule has 0 amide bonds. The zero-order chi connectivity index (χ0) is 22.3. The van der Waals surface area contributed by atoms with E-state index in [4.69, 9.17) is 31.2 Å². The van der Waals surface area contributed by atoms with E-state index < -0.39 is 0 Å². The number of thiocarbonyl (C=S) groups is 1. The van der Waals surface area contributed by atoms with E-state index in [1.54, 1.807) is 13.2 Å². The Balaban J connectivity index is 1.49. The van der Waals surface area contributed by atoms with Gasteiger partial charge in [-0.05, 0) is 30.8 Å². The van der Waals surface area contributed by atoms with E-state index in [2.05, 4.69) is 20.1 Å². The van der Waals surface area contributed by atoms with Gasteiger partial charge in [0.25, 0.3) is 5.56 Å². The first-order chi connectivity index (χ1) is 15.6. The van der Waals surface area contributed by atoms with Gasteiger partial charge in [0, 0.05) is 63.5 Å². The summed E-state index contributed by atoms with van der Waals surface area (Å²) in [6, 6.07) is 5.61. The molecule has 1 saturated heterocycles. The highest BCUT2D eigenvalue weighted by Crippen LogP contribution is 2.35. The van der Waals surface area contributed by atoms with Crippen molar-refractivity contribution >= 4 is 28.2 Å². The molecule has 0 atom stereocenters. The lowest BCUT2D eigenvalue weighted by Gasteiger charge is -2.31. The second-order valence-corrected chi connectivity index (χ2v) is 8.26. The number of nitrogens with one attached hydrogen (secondary N) is 2. The summed E-state index contributed by atoms with van der Waals surface area (Å²) < 4.78 is 21.5. The number of hydrogen-bond acceptors (Lipinski definition) is 7. The SMILES string of the molecule is COCCCNC(=S)N(CCN1CCOCC1)Cc1cc2cc3c(cc2[nH]c1=O)OCO3. The molecule has 0 unspecified atom stereocenters. The first-order valence-electron chi connectivity index (χ1n) is 10.9. The molecular formula is C22H30N4O5S. The number of H-pyrrole nitrogens is 1. The molecule has 1 fully saturated rings. The van der Waals surface area contributed by atoms with Crippen molar-refractivity contribution in [2.45, 2.75) is 13.0 Å².